The van der Waals surface area contributed by atoms with Gasteiger partial charge < -0.3 is 4.74 Å². The summed E-state index contributed by atoms with van der Waals surface area (Å²) < 4.78 is 5.35. The summed E-state index contributed by atoms with van der Waals surface area (Å²) in [6.07, 6.45) is 0. The van der Waals surface area contributed by atoms with Crippen LogP contribution in [0.5, 0.6) is 0 Å². The van der Waals surface area contributed by atoms with E-state index in [2.05, 4.69) is 0 Å². The second kappa shape index (κ2) is 7.81. The lowest BCUT2D eigenvalue weighted by Crippen LogP contribution is -2.34. The summed E-state index contributed by atoms with van der Waals surface area (Å²) in [5, 5.41) is 0. The number of carbonyl (C=O) groups excluding carboxylic acids is 3. The molecule has 0 unspecified atom stereocenters. The summed E-state index contributed by atoms with van der Waals surface area (Å²) in [5.74, 6) is -1.26. The number of rotatable bonds is 4. The minimum Gasteiger partial charge on any atom is -0.465 e. The van der Waals surface area contributed by atoms with E-state index in [4.69, 9.17) is 17.0 Å². The number of para-hydroxylation sites is 2. The van der Waals surface area contributed by atoms with Crippen LogP contribution >= 0.6 is 24.0 Å². The van der Waals surface area contributed by atoms with Crippen molar-refractivity contribution in [1.82, 2.24) is 0 Å². The summed E-state index contributed by atoms with van der Waals surface area (Å²) >= 11 is 6.51. The third-order valence-electron chi connectivity index (χ3n) is 4.53. The van der Waals surface area contributed by atoms with E-state index in [1.165, 1.54) is 9.80 Å². The van der Waals surface area contributed by atoms with Crippen LogP contribution in [0.15, 0.2) is 59.5 Å². The molecule has 2 heterocycles. The number of benzene rings is 2. The fourth-order valence-electron chi connectivity index (χ4n) is 3.31. The molecule has 6 nitrogen and oxygen atoms in total. The molecule has 0 saturated carbocycles. The molecule has 0 atom stereocenters. The molecule has 0 aliphatic carbocycles. The van der Waals surface area contributed by atoms with Gasteiger partial charge >= 0.3 is 5.97 Å². The largest absolute Gasteiger partial charge is 0.465 e. The number of amides is 2. The summed E-state index contributed by atoms with van der Waals surface area (Å²) in [6, 6.07) is 16.1. The smallest absolute Gasteiger partial charge is 0.326 e. The van der Waals surface area contributed by atoms with Gasteiger partial charge in [0.05, 0.1) is 28.5 Å². The minimum absolute atomic E-state index is 0.216. The molecule has 2 aromatic rings. The molecule has 0 spiro atoms. The third-order valence-corrected chi connectivity index (χ3v) is 5.90. The van der Waals surface area contributed by atoms with E-state index in [0.29, 0.717) is 21.3 Å². The first-order valence-corrected chi connectivity index (χ1v) is 10.2. The molecule has 4 rings (SSSR count). The van der Waals surface area contributed by atoms with Crippen LogP contribution < -0.4 is 9.80 Å². The number of thiocarbonyl (C=S) groups is 1. The van der Waals surface area contributed by atoms with Crippen molar-refractivity contribution in [1.29, 1.82) is 0 Å². The number of esters is 1. The van der Waals surface area contributed by atoms with Gasteiger partial charge in [-0.1, -0.05) is 60.4 Å². The first-order chi connectivity index (χ1) is 14.0. The van der Waals surface area contributed by atoms with Gasteiger partial charge in [-0.2, -0.15) is 0 Å². The average Bonchev–Trinajstić information content (AvgIpc) is 3.16. The first-order valence-electron chi connectivity index (χ1n) is 8.95. The molecule has 0 bridgehead atoms. The van der Waals surface area contributed by atoms with Gasteiger partial charge in [0.15, 0.2) is 4.32 Å². The summed E-state index contributed by atoms with van der Waals surface area (Å²) in [4.78, 5) is 41.4. The molecule has 2 aliphatic rings. The quantitative estimate of drug-likeness (QED) is 0.426. The normalized spacial score (nSPS) is 18.4. The zero-order valence-electron chi connectivity index (χ0n) is 15.5. The highest BCUT2D eigenvalue weighted by Gasteiger charge is 2.42. The van der Waals surface area contributed by atoms with Gasteiger partial charge in [-0.25, -0.2) is 0 Å². The predicted octanol–water partition coefficient (Wildman–Crippen LogP) is 3.37. The molecular weight excluding hydrogens is 408 g/mol. The number of carbonyl (C=O) groups is 3. The number of ether oxygens (including phenoxy) is 1. The molecular formula is C21H16N2O4S2. The van der Waals surface area contributed by atoms with E-state index in [-0.39, 0.29) is 29.5 Å². The Bertz CT molecular complexity index is 1070. The standard InChI is InChI=1S/C21H16N2O4S2/c1-2-27-16(24)12-22-15-11-7-6-10-14(15)17(19(22)25)18-20(26)23(21(28)29-18)13-8-4-3-5-9-13/h3-11H,2,12H2,1H3/b18-17-. The maximum atomic E-state index is 13.2. The van der Waals surface area contributed by atoms with Crippen LogP contribution in [0.1, 0.15) is 12.5 Å². The van der Waals surface area contributed by atoms with Crippen molar-refractivity contribution in [3.05, 3.63) is 65.1 Å². The number of fused-ring (bicyclic) bond motifs is 1. The molecule has 2 amide bonds. The van der Waals surface area contributed by atoms with Gasteiger partial charge in [-0.05, 0) is 25.1 Å². The molecule has 29 heavy (non-hydrogen) atoms. The second-order valence-corrected chi connectivity index (χ2v) is 7.91. The van der Waals surface area contributed by atoms with Crippen LogP contribution in [0.2, 0.25) is 0 Å². The lowest BCUT2D eigenvalue weighted by Gasteiger charge is -2.15. The minimum atomic E-state index is -0.506. The third kappa shape index (κ3) is 3.34. The highest BCUT2D eigenvalue weighted by atomic mass is 32.2. The summed E-state index contributed by atoms with van der Waals surface area (Å²) in [5.41, 5.74) is 2.09. The van der Waals surface area contributed by atoms with E-state index in [9.17, 15) is 14.4 Å². The molecule has 1 fully saturated rings. The monoisotopic (exact) mass is 424 g/mol. The Morgan fingerprint density at radius 1 is 1.03 bits per heavy atom. The fourth-order valence-corrected chi connectivity index (χ4v) is 4.68. The predicted molar refractivity (Wildman–Crippen MR) is 116 cm³/mol. The molecule has 2 aliphatic heterocycles. The van der Waals surface area contributed by atoms with Gasteiger partial charge in [-0.15, -0.1) is 0 Å². The van der Waals surface area contributed by atoms with Crippen molar-refractivity contribution in [2.24, 2.45) is 0 Å². The maximum Gasteiger partial charge on any atom is 0.326 e. The van der Waals surface area contributed by atoms with Crippen molar-refractivity contribution < 1.29 is 19.1 Å². The van der Waals surface area contributed by atoms with Crippen molar-refractivity contribution in [3.8, 4) is 0 Å². The SMILES string of the molecule is CCOC(=O)CN1C(=O)/C(=C2\SC(=S)N(c3ccccc3)C2=O)c2ccccc21. The molecule has 1 saturated heterocycles. The second-order valence-electron chi connectivity index (χ2n) is 6.26. The zero-order valence-corrected chi connectivity index (χ0v) is 17.1. The summed E-state index contributed by atoms with van der Waals surface area (Å²) in [6.45, 7) is 1.72. The van der Waals surface area contributed by atoms with E-state index in [1.54, 1.807) is 43.3 Å². The van der Waals surface area contributed by atoms with Crippen LogP contribution in [-0.4, -0.2) is 35.3 Å². The van der Waals surface area contributed by atoms with E-state index >= 15 is 0 Å². The Kier molecular flexibility index (Phi) is 5.21. The van der Waals surface area contributed by atoms with E-state index < -0.39 is 11.9 Å². The number of thioether (sulfide) groups is 1. The fraction of sp³-hybridized carbons (Fsp3) is 0.143. The Balaban J connectivity index is 1.77. The lowest BCUT2D eigenvalue weighted by atomic mass is 10.1. The van der Waals surface area contributed by atoms with Gasteiger partial charge in [0.1, 0.15) is 6.54 Å². The van der Waals surface area contributed by atoms with Crippen molar-refractivity contribution in [2.45, 2.75) is 6.92 Å². The maximum absolute atomic E-state index is 13.2. The molecule has 8 heteroatoms. The van der Waals surface area contributed by atoms with Gasteiger partial charge in [0.2, 0.25) is 0 Å². The molecule has 0 radical (unpaired) electrons. The van der Waals surface area contributed by atoms with Crippen molar-refractivity contribution in [3.63, 3.8) is 0 Å². The molecule has 0 aromatic heterocycles. The Hall–Kier alpha value is -2.97. The van der Waals surface area contributed by atoms with Crippen LogP contribution in [0.3, 0.4) is 0 Å². The number of anilines is 2. The molecule has 0 N–H and O–H groups in total. The van der Waals surface area contributed by atoms with Gasteiger partial charge in [0.25, 0.3) is 11.8 Å². The lowest BCUT2D eigenvalue weighted by molar-refractivity contribution is -0.142. The van der Waals surface area contributed by atoms with Crippen molar-refractivity contribution in [2.75, 3.05) is 23.0 Å². The highest BCUT2D eigenvalue weighted by Crippen LogP contribution is 2.45. The van der Waals surface area contributed by atoms with Crippen LogP contribution in [0.4, 0.5) is 11.4 Å². The molecule has 146 valence electrons. The topological polar surface area (TPSA) is 66.9 Å². The first kappa shape index (κ1) is 19.4. The highest BCUT2D eigenvalue weighted by molar-refractivity contribution is 8.27. The zero-order chi connectivity index (χ0) is 20.5. The number of hydrogen-bond acceptors (Lipinski definition) is 6. The Labute approximate surface area is 177 Å². The number of nitrogens with zero attached hydrogens (tertiary/aromatic N) is 2. The van der Waals surface area contributed by atoms with E-state index in [1.807, 2.05) is 18.2 Å². The van der Waals surface area contributed by atoms with Crippen LogP contribution in [0, 0.1) is 0 Å². The van der Waals surface area contributed by atoms with E-state index in [0.717, 1.165) is 11.8 Å². The summed E-state index contributed by atoms with van der Waals surface area (Å²) in [7, 11) is 0. The number of hydrogen-bond donors (Lipinski definition) is 0. The Morgan fingerprint density at radius 2 is 1.72 bits per heavy atom. The van der Waals surface area contributed by atoms with Crippen molar-refractivity contribution >= 4 is 63.0 Å². The Morgan fingerprint density at radius 3 is 2.45 bits per heavy atom. The van der Waals surface area contributed by atoms with Crippen LogP contribution in [-0.2, 0) is 19.1 Å². The molecule has 2 aromatic carbocycles. The van der Waals surface area contributed by atoms with Gasteiger partial charge in [-0.3, -0.25) is 24.2 Å². The van der Waals surface area contributed by atoms with Gasteiger partial charge in [0, 0.05) is 5.56 Å². The average molecular weight is 425 g/mol. The van der Waals surface area contributed by atoms with Crippen LogP contribution in [0.25, 0.3) is 5.57 Å².